The van der Waals surface area contributed by atoms with E-state index in [1.165, 1.54) is 17.7 Å². The second kappa shape index (κ2) is 8.93. The van der Waals surface area contributed by atoms with Gasteiger partial charge in [-0.1, -0.05) is 47.5 Å². The summed E-state index contributed by atoms with van der Waals surface area (Å²) in [4.78, 5) is 0. The van der Waals surface area contributed by atoms with Crippen LogP contribution in [0.5, 0.6) is 0 Å². The molecule has 0 spiro atoms. The van der Waals surface area contributed by atoms with Crippen molar-refractivity contribution in [3.8, 4) is 0 Å². The van der Waals surface area contributed by atoms with Gasteiger partial charge in [-0.15, -0.1) is 0 Å². The van der Waals surface area contributed by atoms with Crippen molar-refractivity contribution in [3.63, 3.8) is 0 Å². The number of aryl methyl sites for hydroxylation is 1. The first-order valence-electron chi connectivity index (χ1n) is 8.76. The molecule has 1 N–H and O–H groups in total. The minimum atomic E-state index is -2.06. The zero-order chi connectivity index (χ0) is 19.2. The number of nitrogens with one attached hydrogen (secondary N) is 1. The van der Waals surface area contributed by atoms with Crippen LogP contribution in [0.2, 0.25) is 0 Å². The van der Waals surface area contributed by atoms with Crippen molar-refractivity contribution in [2.24, 2.45) is 0 Å². The molecule has 0 radical (unpaired) electrons. The van der Waals surface area contributed by atoms with Crippen molar-refractivity contribution in [2.75, 3.05) is 11.1 Å². The highest BCUT2D eigenvalue weighted by molar-refractivity contribution is 7.79. The molecule has 27 heavy (non-hydrogen) atoms. The summed E-state index contributed by atoms with van der Waals surface area (Å²) in [6.07, 6.45) is 1.21. The Hall–Kier alpha value is -2.50. The molecule has 3 nitrogen and oxygen atoms in total. The van der Waals surface area contributed by atoms with E-state index in [0.29, 0.717) is 6.42 Å². The molecule has 0 aromatic heterocycles. The minimum absolute atomic E-state index is 0.107. The number of hydrogen-bond donors (Lipinski definition) is 1. The Morgan fingerprint density at radius 3 is 2.37 bits per heavy atom. The summed E-state index contributed by atoms with van der Waals surface area (Å²) in [7, 11) is 0. The van der Waals surface area contributed by atoms with Gasteiger partial charge in [0.2, 0.25) is 0 Å². The van der Waals surface area contributed by atoms with Gasteiger partial charge in [0, 0.05) is 17.1 Å². The van der Waals surface area contributed by atoms with Crippen molar-refractivity contribution in [1.82, 2.24) is 0 Å². The number of benzene rings is 3. The van der Waals surface area contributed by atoms with Crippen molar-refractivity contribution < 1.29 is 13.2 Å². The predicted octanol–water partition coefficient (Wildman–Crippen LogP) is 4.89. The van der Waals surface area contributed by atoms with E-state index < -0.39 is 11.1 Å². The summed E-state index contributed by atoms with van der Waals surface area (Å²) in [6.45, 7) is 2.02. The molecule has 0 aliphatic rings. The minimum Gasteiger partial charge on any atom is -0.772 e. The van der Waals surface area contributed by atoms with Gasteiger partial charge < -0.3 is 9.87 Å². The highest BCUT2D eigenvalue weighted by Crippen LogP contribution is 2.29. The highest BCUT2D eigenvalue weighted by Gasteiger charge is 2.12. The normalized spacial score (nSPS) is 12.0. The van der Waals surface area contributed by atoms with Gasteiger partial charge in [-0.2, -0.15) is 0 Å². The Balaban J connectivity index is 1.96. The van der Waals surface area contributed by atoms with Gasteiger partial charge in [0.15, 0.2) is 0 Å². The molecule has 3 aromatic carbocycles. The van der Waals surface area contributed by atoms with Gasteiger partial charge in [0.05, 0.1) is 0 Å². The third-order valence-corrected chi connectivity index (χ3v) is 5.13. The van der Waals surface area contributed by atoms with Gasteiger partial charge in [-0.3, -0.25) is 4.21 Å². The van der Waals surface area contributed by atoms with Crippen molar-refractivity contribution in [1.29, 1.82) is 0 Å². The van der Waals surface area contributed by atoms with E-state index in [9.17, 15) is 13.2 Å². The van der Waals surface area contributed by atoms with E-state index in [-0.39, 0.29) is 11.6 Å². The Kier molecular flexibility index (Phi) is 6.37. The van der Waals surface area contributed by atoms with Crippen molar-refractivity contribution >= 4 is 22.5 Å². The van der Waals surface area contributed by atoms with Gasteiger partial charge in [-0.25, -0.2) is 4.39 Å². The van der Waals surface area contributed by atoms with Gasteiger partial charge >= 0.3 is 0 Å². The lowest BCUT2D eigenvalue weighted by molar-refractivity contribution is 0.536. The molecule has 0 heterocycles. The second-order valence-electron chi connectivity index (χ2n) is 6.43. The van der Waals surface area contributed by atoms with Gasteiger partial charge in [0.1, 0.15) is 5.82 Å². The van der Waals surface area contributed by atoms with Crippen LogP contribution in [-0.4, -0.2) is 14.5 Å². The molecule has 3 rings (SSSR count). The van der Waals surface area contributed by atoms with Crippen LogP contribution in [0.25, 0.3) is 0 Å². The van der Waals surface area contributed by atoms with Crippen molar-refractivity contribution in [2.45, 2.75) is 19.8 Å². The Labute approximate surface area is 161 Å². The molecule has 0 aliphatic carbocycles. The summed E-state index contributed by atoms with van der Waals surface area (Å²) in [6, 6.07) is 20.3. The molecule has 5 heteroatoms. The molecule has 0 saturated heterocycles. The van der Waals surface area contributed by atoms with E-state index >= 15 is 0 Å². The maximum Gasteiger partial charge on any atom is 0.123 e. The van der Waals surface area contributed by atoms with Crippen LogP contribution in [0.1, 0.15) is 22.3 Å². The zero-order valence-electron chi connectivity index (χ0n) is 15.1. The maximum absolute atomic E-state index is 13.2. The molecule has 3 aromatic rings. The van der Waals surface area contributed by atoms with Crippen LogP contribution in [0.4, 0.5) is 15.8 Å². The molecule has 140 valence electrons. The van der Waals surface area contributed by atoms with E-state index in [2.05, 4.69) is 17.4 Å². The first-order chi connectivity index (χ1) is 13.0. The third kappa shape index (κ3) is 5.25. The SMILES string of the molecule is Cc1c(CCS(=O)[O-])ccc(Nc2ccc(F)cc2)c1Cc1ccccc1. The predicted molar refractivity (Wildman–Crippen MR) is 108 cm³/mol. The van der Waals surface area contributed by atoms with Crippen LogP contribution in [-0.2, 0) is 23.9 Å². The van der Waals surface area contributed by atoms with Crippen LogP contribution >= 0.6 is 0 Å². The maximum atomic E-state index is 13.2. The molecular formula is C22H21FNO2S-. The Bertz CT molecular complexity index is 927. The molecule has 0 bridgehead atoms. The fourth-order valence-corrected chi connectivity index (χ4v) is 3.49. The van der Waals surface area contributed by atoms with Crippen LogP contribution in [0.15, 0.2) is 66.7 Å². The molecule has 0 aliphatic heterocycles. The molecular weight excluding hydrogens is 361 g/mol. The van der Waals surface area contributed by atoms with Gasteiger partial charge in [0.25, 0.3) is 0 Å². The summed E-state index contributed by atoms with van der Waals surface area (Å²) in [5, 5.41) is 3.36. The molecule has 0 fully saturated rings. The summed E-state index contributed by atoms with van der Waals surface area (Å²) >= 11 is -2.06. The molecule has 0 saturated carbocycles. The van der Waals surface area contributed by atoms with Crippen molar-refractivity contribution in [3.05, 3.63) is 94.8 Å². The zero-order valence-corrected chi connectivity index (χ0v) is 15.9. The monoisotopic (exact) mass is 382 g/mol. The highest BCUT2D eigenvalue weighted by atomic mass is 32.2. The average Bonchev–Trinajstić information content (AvgIpc) is 2.66. The molecule has 1 atom stereocenters. The third-order valence-electron chi connectivity index (χ3n) is 4.60. The lowest BCUT2D eigenvalue weighted by Gasteiger charge is -2.18. The largest absolute Gasteiger partial charge is 0.772 e. The summed E-state index contributed by atoms with van der Waals surface area (Å²) < 4.78 is 35.1. The second-order valence-corrected chi connectivity index (χ2v) is 7.44. The molecule has 1 unspecified atom stereocenters. The number of rotatable bonds is 7. The standard InChI is InChI=1S/C22H22FNO2S/c1-16-18(13-14-27(25)26)7-12-22(24-20-10-8-19(23)9-11-20)21(16)15-17-5-3-2-4-6-17/h2-12,24H,13-15H2,1H3,(H,25,26)/p-1. The molecule has 0 amide bonds. The fourth-order valence-electron chi connectivity index (χ4n) is 3.10. The smallest absolute Gasteiger partial charge is 0.123 e. The van der Waals surface area contributed by atoms with Gasteiger partial charge in [-0.05, 0) is 72.4 Å². The van der Waals surface area contributed by atoms with Crippen LogP contribution in [0.3, 0.4) is 0 Å². The number of hydrogen-bond acceptors (Lipinski definition) is 3. The van der Waals surface area contributed by atoms with Crippen LogP contribution < -0.4 is 5.32 Å². The quantitative estimate of drug-likeness (QED) is 0.592. The van der Waals surface area contributed by atoms with E-state index in [0.717, 1.165) is 34.5 Å². The fraction of sp³-hybridized carbons (Fsp3) is 0.182. The van der Waals surface area contributed by atoms with Crippen LogP contribution in [0, 0.1) is 12.7 Å². The lowest BCUT2D eigenvalue weighted by Crippen LogP contribution is -2.06. The van der Waals surface area contributed by atoms with E-state index in [1.807, 2.05) is 37.3 Å². The first kappa shape index (κ1) is 19.3. The number of halogens is 1. The number of anilines is 2. The summed E-state index contributed by atoms with van der Waals surface area (Å²) in [5.74, 6) is -0.168. The lowest BCUT2D eigenvalue weighted by atomic mass is 9.93. The topological polar surface area (TPSA) is 52.2 Å². The first-order valence-corrected chi connectivity index (χ1v) is 10.0. The average molecular weight is 382 g/mol. The Morgan fingerprint density at radius 1 is 1.00 bits per heavy atom. The van der Waals surface area contributed by atoms with E-state index in [1.54, 1.807) is 12.1 Å². The summed E-state index contributed by atoms with van der Waals surface area (Å²) in [5.41, 5.74) is 6.13. The van der Waals surface area contributed by atoms with E-state index in [4.69, 9.17) is 0 Å². The Morgan fingerprint density at radius 2 is 1.70 bits per heavy atom.